The molecule has 0 radical (unpaired) electrons. The van der Waals surface area contributed by atoms with Crippen LogP contribution in [-0.2, 0) is 17.6 Å². The van der Waals surface area contributed by atoms with Crippen molar-refractivity contribution in [1.82, 2.24) is 10.2 Å². The molecular formula is C19H16N2O4S2. The molecule has 27 heavy (non-hydrogen) atoms. The second kappa shape index (κ2) is 6.61. The number of ether oxygens (including phenoxy) is 3. The highest BCUT2D eigenvalue weighted by molar-refractivity contribution is 8.01. The van der Waals surface area contributed by atoms with Crippen LogP contribution in [0, 0.1) is 0 Å². The van der Waals surface area contributed by atoms with Crippen molar-refractivity contribution in [2.24, 2.45) is 0 Å². The third-order valence-electron chi connectivity index (χ3n) is 4.60. The van der Waals surface area contributed by atoms with Gasteiger partial charge >= 0.3 is 5.97 Å². The summed E-state index contributed by atoms with van der Waals surface area (Å²) in [5.74, 6) is 1.26. The number of nitrogens with zero attached hydrogens (tertiary/aromatic N) is 1. The van der Waals surface area contributed by atoms with Crippen LogP contribution in [0.15, 0.2) is 33.5 Å². The summed E-state index contributed by atoms with van der Waals surface area (Å²) in [6.45, 7) is 2.45. The van der Waals surface area contributed by atoms with Crippen LogP contribution in [0.5, 0.6) is 11.5 Å². The second-order valence-corrected chi connectivity index (χ2v) is 8.54. The van der Waals surface area contributed by atoms with Crippen molar-refractivity contribution in [3.05, 3.63) is 40.4 Å². The number of rotatable bonds is 4. The van der Waals surface area contributed by atoms with Crippen LogP contribution in [0.4, 0.5) is 0 Å². The Morgan fingerprint density at radius 3 is 3.11 bits per heavy atom. The molecule has 0 atom stereocenters. The molecule has 8 heteroatoms. The van der Waals surface area contributed by atoms with Crippen molar-refractivity contribution in [1.29, 1.82) is 0 Å². The van der Waals surface area contributed by atoms with Crippen LogP contribution in [0.1, 0.15) is 27.7 Å². The van der Waals surface area contributed by atoms with Gasteiger partial charge in [0.05, 0.1) is 22.7 Å². The quantitative estimate of drug-likeness (QED) is 0.659. The molecule has 0 fully saturated rings. The number of aromatic nitrogens is 2. The maximum absolute atomic E-state index is 12.5. The standard InChI is InChI=1S/C19H16N2O4S2/c1-2-23-18(22)17-12-5-3-10-8-20-21-16(10)15(12)19(27-17)26-11-4-6-13-14(7-11)25-9-24-13/h4,6-8H,2-3,5,9H2,1H3,(H,20,21). The van der Waals surface area contributed by atoms with E-state index in [1.807, 2.05) is 31.3 Å². The zero-order valence-corrected chi connectivity index (χ0v) is 16.2. The van der Waals surface area contributed by atoms with E-state index in [0.717, 1.165) is 50.3 Å². The van der Waals surface area contributed by atoms with E-state index in [9.17, 15) is 4.79 Å². The molecule has 0 unspecified atom stereocenters. The first-order valence-electron chi connectivity index (χ1n) is 8.67. The summed E-state index contributed by atoms with van der Waals surface area (Å²) in [6, 6.07) is 5.89. The van der Waals surface area contributed by atoms with E-state index in [1.54, 1.807) is 11.8 Å². The van der Waals surface area contributed by atoms with Gasteiger partial charge in [-0.15, -0.1) is 11.3 Å². The minimum Gasteiger partial charge on any atom is -0.462 e. The first-order valence-corrected chi connectivity index (χ1v) is 10.3. The lowest BCUT2D eigenvalue weighted by Gasteiger charge is -2.14. The smallest absolute Gasteiger partial charge is 0.348 e. The number of carbonyl (C=O) groups is 1. The van der Waals surface area contributed by atoms with E-state index in [4.69, 9.17) is 14.2 Å². The normalized spacial score (nSPS) is 14.0. The van der Waals surface area contributed by atoms with Gasteiger partial charge in [-0.25, -0.2) is 4.79 Å². The molecule has 3 heterocycles. The average Bonchev–Trinajstić information content (AvgIpc) is 3.39. The number of H-pyrrole nitrogens is 1. The van der Waals surface area contributed by atoms with Crippen LogP contribution in [0.2, 0.25) is 0 Å². The highest BCUT2D eigenvalue weighted by atomic mass is 32.2. The van der Waals surface area contributed by atoms with Gasteiger partial charge < -0.3 is 14.2 Å². The first kappa shape index (κ1) is 16.7. The second-order valence-electron chi connectivity index (χ2n) is 6.18. The van der Waals surface area contributed by atoms with Gasteiger partial charge in [-0.1, -0.05) is 11.8 Å². The molecule has 1 aliphatic heterocycles. The monoisotopic (exact) mass is 400 g/mol. The van der Waals surface area contributed by atoms with Crippen LogP contribution in [-0.4, -0.2) is 29.6 Å². The van der Waals surface area contributed by atoms with Gasteiger partial charge in [0, 0.05) is 10.5 Å². The van der Waals surface area contributed by atoms with Gasteiger partial charge in [-0.3, -0.25) is 5.10 Å². The summed E-state index contributed by atoms with van der Waals surface area (Å²) in [7, 11) is 0. The lowest BCUT2D eigenvalue weighted by atomic mass is 9.92. The Kier molecular flexibility index (Phi) is 4.09. The Balaban J connectivity index is 1.59. The summed E-state index contributed by atoms with van der Waals surface area (Å²) >= 11 is 3.11. The van der Waals surface area contributed by atoms with Gasteiger partial charge in [-0.2, -0.15) is 5.10 Å². The fourth-order valence-electron chi connectivity index (χ4n) is 3.39. The molecule has 3 aromatic rings. The van der Waals surface area contributed by atoms with Crippen LogP contribution >= 0.6 is 23.1 Å². The van der Waals surface area contributed by atoms with E-state index in [1.165, 1.54) is 16.9 Å². The molecule has 0 saturated heterocycles. The number of benzene rings is 1. The molecule has 5 rings (SSSR count). The van der Waals surface area contributed by atoms with Crippen molar-refractivity contribution in [3.8, 4) is 22.8 Å². The number of aryl methyl sites for hydroxylation is 1. The average molecular weight is 400 g/mol. The largest absolute Gasteiger partial charge is 0.462 e. The van der Waals surface area contributed by atoms with Crippen LogP contribution in [0.25, 0.3) is 11.3 Å². The van der Waals surface area contributed by atoms with E-state index in [0.29, 0.717) is 11.5 Å². The molecule has 1 aromatic carbocycles. The molecular weight excluding hydrogens is 384 g/mol. The number of hydrogen-bond donors (Lipinski definition) is 1. The van der Waals surface area contributed by atoms with Crippen molar-refractivity contribution in [3.63, 3.8) is 0 Å². The van der Waals surface area contributed by atoms with E-state index in [-0.39, 0.29) is 12.8 Å². The Bertz CT molecular complexity index is 1040. The maximum atomic E-state index is 12.5. The van der Waals surface area contributed by atoms with Crippen molar-refractivity contribution in [2.45, 2.75) is 28.9 Å². The first-order chi connectivity index (χ1) is 13.2. The van der Waals surface area contributed by atoms with E-state index in [2.05, 4.69) is 10.2 Å². The summed E-state index contributed by atoms with van der Waals surface area (Å²) in [5.41, 5.74) is 4.32. The number of fused-ring (bicyclic) bond motifs is 4. The SMILES string of the molecule is CCOC(=O)c1sc(Sc2ccc3c(c2)OCO3)c2c1CCc1cn[nH]c1-2. The molecule has 0 saturated carbocycles. The highest BCUT2D eigenvalue weighted by Crippen LogP contribution is 2.49. The van der Waals surface area contributed by atoms with E-state index >= 15 is 0 Å². The van der Waals surface area contributed by atoms with Gasteiger partial charge in [0.25, 0.3) is 0 Å². The number of aromatic amines is 1. The van der Waals surface area contributed by atoms with Crippen molar-refractivity contribution in [2.75, 3.05) is 13.4 Å². The number of thiophene rings is 1. The maximum Gasteiger partial charge on any atom is 0.348 e. The van der Waals surface area contributed by atoms with Gasteiger partial charge in [0.1, 0.15) is 4.88 Å². The topological polar surface area (TPSA) is 73.4 Å². The predicted molar refractivity (Wildman–Crippen MR) is 102 cm³/mol. The minimum atomic E-state index is -0.251. The molecule has 0 spiro atoms. The minimum absolute atomic E-state index is 0.251. The van der Waals surface area contributed by atoms with E-state index < -0.39 is 0 Å². The zero-order chi connectivity index (χ0) is 18.4. The van der Waals surface area contributed by atoms with Gasteiger partial charge in [0.15, 0.2) is 11.5 Å². The van der Waals surface area contributed by atoms with Crippen LogP contribution in [0.3, 0.4) is 0 Å². The number of esters is 1. The summed E-state index contributed by atoms with van der Waals surface area (Å²) in [6.07, 6.45) is 3.55. The molecule has 138 valence electrons. The lowest BCUT2D eigenvalue weighted by molar-refractivity contribution is 0.0531. The molecule has 0 amide bonds. The van der Waals surface area contributed by atoms with Crippen molar-refractivity contribution < 1.29 is 19.0 Å². The molecule has 6 nitrogen and oxygen atoms in total. The zero-order valence-electron chi connectivity index (χ0n) is 14.5. The number of nitrogens with one attached hydrogen (secondary N) is 1. The Morgan fingerprint density at radius 2 is 2.22 bits per heavy atom. The number of carbonyl (C=O) groups excluding carboxylic acids is 1. The molecule has 1 N–H and O–H groups in total. The molecule has 0 bridgehead atoms. The fraction of sp³-hybridized carbons (Fsp3) is 0.263. The van der Waals surface area contributed by atoms with Gasteiger partial charge in [-0.05, 0) is 49.1 Å². The fourth-order valence-corrected chi connectivity index (χ4v) is 5.92. The summed E-state index contributed by atoms with van der Waals surface area (Å²) in [4.78, 5) is 14.2. The van der Waals surface area contributed by atoms with Gasteiger partial charge in [0.2, 0.25) is 6.79 Å². The summed E-state index contributed by atoms with van der Waals surface area (Å²) < 4.78 is 17.2. The third kappa shape index (κ3) is 2.80. The molecule has 2 aromatic heterocycles. The summed E-state index contributed by atoms with van der Waals surface area (Å²) in [5, 5.41) is 7.32. The molecule has 2 aliphatic rings. The Morgan fingerprint density at radius 1 is 1.33 bits per heavy atom. The highest BCUT2D eigenvalue weighted by Gasteiger charge is 2.30. The molecule has 1 aliphatic carbocycles. The third-order valence-corrected chi connectivity index (χ3v) is 6.99. The van der Waals surface area contributed by atoms with Crippen molar-refractivity contribution >= 4 is 29.1 Å². The number of hydrogen-bond acceptors (Lipinski definition) is 7. The van der Waals surface area contributed by atoms with Crippen LogP contribution < -0.4 is 9.47 Å². The lowest BCUT2D eigenvalue weighted by Crippen LogP contribution is -2.08. The predicted octanol–water partition coefficient (Wildman–Crippen LogP) is 4.29. The Hall–Kier alpha value is -2.45. The Labute approximate surface area is 163 Å².